The number of carbonyl (C=O) groups excluding carboxylic acids is 3. The normalized spacial score (nSPS) is 10.6. The molecule has 0 radical (unpaired) electrons. The molecule has 0 saturated carbocycles. The van der Waals surface area contributed by atoms with E-state index >= 15 is 0 Å². The Balaban J connectivity index is 4.09. The van der Waals surface area contributed by atoms with Crippen LogP contribution in [0.3, 0.4) is 0 Å². The van der Waals surface area contributed by atoms with E-state index in [4.69, 9.17) is 34.4 Å². The smallest absolute Gasteiger partial charge is 0.249 e. The Bertz CT molecular complexity index is 560. The van der Waals surface area contributed by atoms with Crippen LogP contribution in [0.2, 0.25) is 0 Å². The summed E-state index contributed by atoms with van der Waals surface area (Å²) >= 11 is 0. The average molecular weight is 336 g/mol. The minimum Gasteiger partial charge on any atom is -0.366 e. The van der Waals surface area contributed by atoms with Crippen molar-refractivity contribution in [1.29, 1.82) is 0 Å². The molecule has 0 bridgehead atoms. The Morgan fingerprint density at radius 2 is 0.750 bits per heavy atom. The van der Waals surface area contributed by atoms with Gasteiger partial charge in [0.2, 0.25) is 17.7 Å². The summed E-state index contributed by atoms with van der Waals surface area (Å²) in [6.45, 7) is 0.460. The van der Waals surface area contributed by atoms with Crippen LogP contribution < -0.4 is 34.4 Å². The fourth-order valence-corrected chi connectivity index (χ4v) is 3.00. The first-order valence-corrected chi connectivity index (χ1v) is 7.51. The van der Waals surface area contributed by atoms with Gasteiger partial charge in [0.1, 0.15) is 0 Å². The molecule has 132 valence electrons. The molecule has 0 saturated heterocycles. The Hall–Kier alpha value is -2.49. The molecule has 0 aliphatic heterocycles. The third-order valence-corrected chi connectivity index (χ3v) is 3.73. The number of rotatable bonds is 9. The van der Waals surface area contributed by atoms with Gasteiger partial charge in [0.15, 0.2) is 0 Å². The van der Waals surface area contributed by atoms with Crippen molar-refractivity contribution in [1.82, 2.24) is 0 Å². The number of carbonyl (C=O) groups is 3. The van der Waals surface area contributed by atoms with Gasteiger partial charge in [0.05, 0.1) is 0 Å². The first-order valence-electron chi connectivity index (χ1n) is 7.51. The van der Waals surface area contributed by atoms with Gasteiger partial charge in [0, 0.05) is 16.7 Å². The van der Waals surface area contributed by atoms with Crippen molar-refractivity contribution in [2.45, 2.75) is 19.3 Å². The average Bonchev–Trinajstić information content (AvgIpc) is 2.46. The first-order chi connectivity index (χ1) is 11.3. The summed E-state index contributed by atoms with van der Waals surface area (Å²) in [6, 6.07) is 0. The fourth-order valence-electron chi connectivity index (χ4n) is 3.00. The van der Waals surface area contributed by atoms with Crippen molar-refractivity contribution in [2.24, 2.45) is 34.4 Å². The van der Waals surface area contributed by atoms with Gasteiger partial charge >= 0.3 is 0 Å². The summed E-state index contributed by atoms with van der Waals surface area (Å²) in [5.74, 6) is -2.40. The van der Waals surface area contributed by atoms with Crippen LogP contribution in [-0.4, -0.2) is 37.4 Å². The van der Waals surface area contributed by atoms with Crippen LogP contribution in [0.1, 0.15) is 47.8 Å². The minimum absolute atomic E-state index is 0.0364. The van der Waals surface area contributed by atoms with E-state index in [1.54, 1.807) is 0 Å². The van der Waals surface area contributed by atoms with Gasteiger partial charge in [-0.3, -0.25) is 14.4 Å². The molecular weight excluding hydrogens is 312 g/mol. The first kappa shape index (κ1) is 19.6. The molecule has 12 N–H and O–H groups in total. The Morgan fingerprint density at radius 1 is 0.542 bits per heavy atom. The number of hydrogen-bond acceptors (Lipinski definition) is 6. The number of hydrogen-bond donors (Lipinski definition) is 6. The van der Waals surface area contributed by atoms with Crippen molar-refractivity contribution in [3.63, 3.8) is 0 Å². The summed E-state index contributed by atoms with van der Waals surface area (Å²) in [4.78, 5) is 36.1. The predicted molar refractivity (Wildman–Crippen MR) is 90.3 cm³/mol. The maximum atomic E-state index is 12.0. The van der Waals surface area contributed by atoms with Crippen LogP contribution >= 0.6 is 0 Å². The van der Waals surface area contributed by atoms with Crippen molar-refractivity contribution < 1.29 is 14.4 Å². The third-order valence-electron chi connectivity index (χ3n) is 3.73. The Labute approximate surface area is 139 Å². The zero-order chi connectivity index (χ0) is 18.4. The van der Waals surface area contributed by atoms with Gasteiger partial charge in [-0.15, -0.1) is 0 Å². The summed E-state index contributed by atoms with van der Waals surface area (Å²) in [6.07, 6.45) is 0.556. The second kappa shape index (κ2) is 8.39. The lowest BCUT2D eigenvalue weighted by molar-refractivity contribution is 0.0998. The summed E-state index contributed by atoms with van der Waals surface area (Å²) in [7, 11) is 0. The Kier molecular flexibility index (Phi) is 6.83. The topological polar surface area (TPSA) is 207 Å². The number of nitrogens with two attached hydrogens (primary N) is 6. The standard InChI is InChI=1S/C15H24N6O3/c16-4-1-7-10(13(19)22)8(2-5-17)12(15(21)24)9(3-6-18)11(7)14(20)23/h1-6,16-18H2,(H2,19,22)(H2,20,23)(H2,21,24). The van der Waals surface area contributed by atoms with E-state index in [-0.39, 0.29) is 55.6 Å². The van der Waals surface area contributed by atoms with Crippen molar-refractivity contribution in [3.8, 4) is 0 Å². The van der Waals surface area contributed by atoms with Crippen LogP contribution in [-0.2, 0) is 19.3 Å². The zero-order valence-electron chi connectivity index (χ0n) is 13.4. The fraction of sp³-hybridized carbons (Fsp3) is 0.400. The highest BCUT2D eigenvalue weighted by Gasteiger charge is 2.29. The molecule has 3 amide bonds. The van der Waals surface area contributed by atoms with E-state index in [0.717, 1.165) is 0 Å². The highest BCUT2D eigenvalue weighted by atomic mass is 16.2. The zero-order valence-corrected chi connectivity index (χ0v) is 13.4. The molecule has 0 aliphatic carbocycles. The predicted octanol–water partition coefficient (Wildman–Crippen LogP) is -2.51. The van der Waals surface area contributed by atoms with Crippen molar-refractivity contribution in [3.05, 3.63) is 33.4 Å². The van der Waals surface area contributed by atoms with Gasteiger partial charge in [0.25, 0.3) is 0 Å². The lowest BCUT2D eigenvalue weighted by Gasteiger charge is -2.22. The third kappa shape index (κ3) is 3.70. The summed E-state index contributed by atoms with van der Waals surface area (Å²) < 4.78 is 0. The molecule has 0 unspecified atom stereocenters. The van der Waals surface area contributed by atoms with Gasteiger partial charge in [-0.25, -0.2) is 0 Å². The molecule has 0 fully saturated rings. The minimum atomic E-state index is -0.800. The molecule has 0 heterocycles. The van der Waals surface area contributed by atoms with E-state index in [1.165, 1.54) is 0 Å². The van der Waals surface area contributed by atoms with Gasteiger partial charge in [-0.05, 0) is 55.6 Å². The maximum absolute atomic E-state index is 12.0. The van der Waals surface area contributed by atoms with Crippen molar-refractivity contribution >= 4 is 17.7 Å². The summed E-state index contributed by atoms with van der Waals surface area (Å²) in [5.41, 5.74) is 34.3. The highest BCUT2D eigenvalue weighted by Crippen LogP contribution is 2.29. The molecule has 0 aromatic heterocycles. The molecule has 1 aromatic rings. The van der Waals surface area contributed by atoms with Gasteiger partial charge < -0.3 is 34.4 Å². The largest absolute Gasteiger partial charge is 0.366 e. The van der Waals surface area contributed by atoms with Crippen molar-refractivity contribution in [2.75, 3.05) is 19.6 Å². The van der Waals surface area contributed by atoms with E-state index in [9.17, 15) is 14.4 Å². The van der Waals surface area contributed by atoms with Gasteiger partial charge in [-0.2, -0.15) is 0 Å². The second-order valence-corrected chi connectivity index (χ2v) is 5.27. The SMILES string of the molecule is NCCc1c(C(N)=O)c(CCN)c(C(N)=O)c(CCN)c1C(N)=O. The van der Waals surface area contributed by atoms with Crippen LogP contribution in [0.25, 0.3) is 0 Å². The maximum Gasteiger partial charge on any atom is 0.249 e. The van der Waals surface area contributed by atoms with Crippen LogP contribution in [0, 0.1) is 0 Å². The van der Waals surface area contributed by atoms with Crippen LogP contribution in [0.5, 0.6) is 0 Å². The molecule has 0 atom stereocenters. The number of amides is 3. The number of benzene rings is 1. The van der Waals surface area contributed by atoms with E-state index in [0.29, 0.717) is 16.7 Å². The Morgan fingerprint density at radius 3 is 0.875 bits per heavy atom. The molecule has 1 aromatic carbocycles. The monoisotopic (exact) mass is 336 g/mol. The molecular formula is C15H24N6O3. The van der Waals surface area contributed by atoms with Crippen LogP contribution in [0.15, 0.2) is 0 Å². The molecule has 24 heavy (non-hydrogen) atoms. The van der Waals surface area contributed by atoms with E-state index < -0.39 is 17.7 Å². The lowest BCUT2D eigenvalue weighted by atomic mass is 9.82. The quantitative estimate of drug-likeness (QED) is 0.286. The molecule has 1 rings (SSSR count). The van der Waals surface area contributed by atoms with Gasteiger partial charge in [-0.1, -0.05) is 0 Å². The second-order valence-electron chi connectivity index (χ2n) is 5.27. The molecule has 9 heteroatoms. The molecule has 9 nitrogen and oxygen atoms in total. The highest BCUT2D eigenvalue weighted by molar-refractivity contribution is 6.09. The summed E-state index contributed by atoms with van der Waals surface area (Å²) in [5, 5.41) is 0. The van der Waals surface area contributed by atoms with E-state index in [2.05, 4.69) is 0 Å². The lowest BCUT2D eigenvalue weighted by Crippen LogP contribution is -2.31. The molecule has 0 spiro atoms. The molecule has 0 aliphatic rings. The van der Waals surface area contributed by atoms with Crippen LogP contribution in [0.4, 0.5) is 0 Å². The van der Waals surface area contributed by atoms with E-state index in [1.807, 2.05) is 0 Å². The number of primary amides is 3.